The molecule has 5 heteroatoms. The first kappa shape index (κ1) is 13.5. The molecule has 1 aromatic heterocycles. The second kappa shape index (κ2) is 4.43. The highest BCUT2D eigenvalue weighted by Crippen LogP contribution is 2.49. The van der Waals surface area contributed by atoms with Crippen molar-refractivity contribution in [2.75, 3.05) is 5.06 Å². The Morgan fingerprint density at radius 2 is 2.23 bits per heavy atom. The maximum Gasteiger partial charge on any atom is 0.286 e. The van der Waals surface area contributed by atoms with Crippen molar-refractivity contribution in [1.29, 1.82) is 0 Å². The Morgan fingerprint density at radius 1 is 1.36 bits per heavy atom. The molecule has 0 amide bonds. The van der Waals surface area contributed by atoms with Crippen LogP contribution in [0.1, 0.15) is 32.3 Å². The summed E-state index contributed by atoms with van der Waals surface area (Å²) < 4.78 is 6.38. The van der Waals surface area contributed by atoms with Crippen LogP contribution in [0.25, 0.3) is 0 Å². The lowest BCUT2D eigenvalue weighted by molar-refractivity contribution is -0.0960. The van der Waals surface area contributed by atoms with E-state index in [2.05, 4.69) is 29.9 Å². The number of nitrogens with zero attached hydrogens (tertiary/aromatic N) is 3. The lowest BCUT2D eigenvalue weighted by atomic mass is 9.73. The van der Waals surface area contributed by atoms with Crippen LogP contribution >= 0.6 is 0 Å². The van der Waals surface area contributed by atoms with Gasteiger partial charge in [0.05, 0.1) is 6.21 Å². The Morgan fingerprint density at radius 3 is 3.09 bits per heavy atom. The fourth-order valence-electron chi connectivity index (χ4n) is 3.47. The predicted molar refractivity (Wildman–Crippen MR) is 85.5 cm³/mol. The number of pyridine rings is 1. The standard InChI is InChI=1S/C17H19N3O2/c1-16(2)10-12-6-5-9-18-15(12)20(21)17(16)11-19-13-7-3-4-8-14(13)22-17/h3,5-7,9,11,21H,4,8,10H2,1-2H3/p+1/t17-/m1/s1. The van der Waals surface area contributed by atoms with Gasteiger partial charge in [-0.25, -0.2) is 4.98 Å². The van der Waals surface area contributed by atoms with Gasteiger partial charge in [0.15, 0.2) is 0 Å². The second-order valence-electron chi connectivity index (χ2n) is 6.69. The average Bonchev–Trinajstić information content (AvgIpc) is 2.52. The average molecular weight is 298 g/mol. The molecule has 0 radical (unpaired) electrons. The topological polar surface area (TPSA) is 60.6 Å². The number of fused-ring (bicyclic) bond motifs is 1. The summed E-state index contributed by atoms with van der Waals surface area (Å²) in [6.45, 7) is 4.25. The molecule has 0 unspecified atom stereocenters. The Labute approximate surface area is 129 Å². The fraction of sp³-hybridized carbons (Fsp3) is 0.412. The first-order valence-electron chi connectivity index (χ1n) is 7.63. The maximum atomic E-state index is 8.67. The summed E-state index contributed by atoms with van der Waals surface area (Å²) in [4.78, 5) is 8.99. The Hall–Kier alpha value is -2.14. The summed E-state index contributed by atoms with van der Waals surface area (Å²) in [5.41, 5.74) is 0.771. The zero-order valence-electron chi connectivity index (χ0n) is 12.8. The molecule has 22 heavy (non-hydrogen) atoms. The SMILES string of the molecule is CC1(C)Cc2cccnc2N([OH2+])[C@@]12C=NC1=C(CCC=C1)O2. The maximum absolute atomic E-state index is 8.67. The fourth-order valence-corrected chi connectivity index (χ4v) is 3.47. The number of ether oxygens (including phenoxy) is 1. The number of hydroxylamine groups is 1. The molecule has 5 nitrogen and oxygen atoms in total. The van der Waals surface area contributed by atoms with E-state index in [0.717, 1.165) is 36.3 Å². The molecule has 2 aliphatic heterocycles. The number of hydrogen-bond acceptors (Lipinski definition) is 4. The lowest BCUT2D eigenvalue weighted by Crippen LogP contribution is -2.64. The van der Waals surface area contributed by atoms with Crippen LogP contribution in [0, 0.1) is 5.41 Å². The predicted octanol–water partition coefficient (Wildman–Crippen LogP) is 2.47. The molecule has 1 spiro atoms. The zero-order chi connectivity index (χ0) is 15.4. The molecule has 0 bridgehead atoms. The zero-order valence-corrected chi connectivity index (χ0v) is 12.8. The molecule has 2 N–H and O–H groups in total. The molecule has 1 aliphatic carbocycles. The van der Waals surface area contributed by atoms with E-state index in [9.17, 15) is 0 Å². The molecular formula is C17H20N3O2+. The highest BCUT2D eigenvalue weighted by atomic mass is 16.6. The Balaban J connectivity index is 1.83. The van der Waals surface area contributed by atoms with Gasteiger partial charge in [0, 0.05) is 23.6 Å². The number of hydrogen-bond donors (Lipinski definition) is 0. The summed E-state index contributed by atoms with van der Waals surface area (Å²) >= 11 is 0. The molecule has 3 aliphatic rings. The van der Waals surface area contributed by atoms with Crippen molar-refractivity contribution in [3.8, 4) is 0 Å². The minimum Gasteiger partial charge on any atom is -0.458 e. The number of anilines is 1. The van der Waals surface area contributed by atoms with E-state index in [1.54, 1.807) is 12.4 Å². The van der Waals surface area contributed by atoms with Gasteiger partial charge in [0.1, 0.15) is 11.5 Å². The third kappa shape index (κ3) is 1.69. The van der Waals surface area contributed by atoms with Crippen LogP contribution < -0.4 is 5.06 Å². The minimum atomic E-state index is -0.904. The van der Waals surface area contributed by atoms with Crippen LogP contribution in [0.4, 0.5) is 5.82 Å². The largest absolute Gasteiger partial charge is 0.458 e. The summed E-state index contributed by atoms with van der Waals surface area (Å²) in [7, 11) is 0. The minimum absolute atomic E-state index is 0.284. The van der Waals surface area contributed by atoms with E-state index in [4.69, 9.17) is 9.94 Å². The molecule has 0 saturated heterocycles. The van der Waals surface area contributed by atoms with Gasteiger partial charge in [0.25, 0.3) is 5.72 Å². The summed E-state index contributed by atoms with van der Waals surface area (Å²) in [6.07, 6.45) is 10.2. The van der Waals surface area contributed by atoms with Crippen molar-refractivity contribution < 1.29 is 9.94 Å². The molecular weight excluding hydrogens is 278 g/mol. The Kier molecular flexibility index (Phi) is 2.72. The highest BCUT2D eigenvalue weighted by Gasteiger charge is 2.59. The van der Waals surface area contributed by atoms with Crippen LogP contribution in [0.3, 0.4) is 0 Å². The molecule has 4 rings (SSSR count). The van der Waals surface area contributed by atoms with Crippen LogP contribution in [0.15, 0.2) is 46.9 Å². The summed E-state index contributed by atoms with van der Waals surface area (Å²) in [6, 6.07) is 3.95. The van der Waals surface area contributed by atoms with Gasteiger partial charge in [-0.05, 0) is 25.0 Å². The van der Waals surface area contributed by atoms with Crippen molar-refractivity contribution in [2.45, 2.75) is 38.8 Å². The van der Waals surface area contributed by atoms with Gasteiger partial charge in [-0.1, -0.05) is 31.1 Å². The number of aliphatic imine (C=N–C) groups is 1. The van der Waals surface area contributed by atoms with Gasteiger partial charge in [-0.15, -0.1) is 0 Å². The van der Waals surface area contributed by atoms with E-state index in [1.807, 2.05) is 18.2 Å². The van der Waals surface area contributed by atoms with Crippen molar-refractivity contribution in [1.82, 2.24) is 4.98 Å². The van der Waals surface area contributed by atoms with Gasteiger partial charge < -0.3 is 9.94 Å². The van der Waals surface area contributed by atoms with E-state index in [-0.39, 0.29) is 5.41 Å². The quantitative estimate of drug-likeness (QED) is 0.691. The molecule has 0 fully saturated rings. The number of allylic oxidation sites excluding steroid dienone is 3. The summed E-state index contributed by atoms with van der Waals surface area (Å²) in [5, 5.41) is 10.1. The van der Waals surface area contributed by atoms with Crippen LogP contribution in [0.5, 0.6) is 0 Å². The van der Waals surface area contributed by atoms with Gasteiger partial charge >= 0.3 is 0 Å². The Bertz CT molecular complexity index is 720. The molecule has 1 aromatic rings. The molecule has 114 valence electrons. The van der Waals surface area contributed by atoms with E-state index < -0.39 is 5.72 Å². The van der Waals surface area contributed by atoms with E-state index >= 15 is 0 Å². The van der Waals surface area contributed by atoms with Crippen LogP contribution in [-0.2, 0) is 11.2 Å². The molecule has 3 heterocycles. The van der Waals surface area contributed by atoms with Gasteiger partial charge in [0.2, 0.25) is 5.82 Å². The lowest BCUT2D eigenvalue weighted by Gasteiger charge is -2.50. The van der Waals surface area contributed by atoms with E-state index in [0.29, 0.717) is 5.82 Å². The third-order valence-corrected chi connectivity index (χ3v) is 4.77. The second-order valence-corrected chi connectivity index (χ2v) is 6.69. The molecule has 1 atom stereocenters. The summed E-state index contributed by atoms with van der Waals surface area (Å²) in [5.74, 6) is 1.54. The molecule has 0 aromatic carbocycles. The van der Waals surface area contributed by atoms with Crippen LogP contribution in [0.2, 0.25) is 0 Å². The van der Waals surface area contributed by atoms with Crippen molar-refractivity contribution >= 4 is 12.0 Å². The number of aromatic nitrogens is 1. The first-order chi connectivity index (χ1) is 10.5. The van der Waals surface area contributed by atoms with Gasteiger partial charge in [-0.3, -0.25) is 4.99 Å². The smallest absolute Gasteiger partial charge is 0.286 e. The van der Waals surface area contributed by atoms with Crippen molar-refractivity contribution in [3.05, 3.63) is 47.5 Å². The van der Waals surface area contributed by atoms with Crippen molar-refractivity contribution in [3.63, 3.8) is 0 Å². The third-order valence-electron chi connectivity index (χ3n) is 4.77. The normalized spacial score (nSPS) is 28.4. The van der Waals surface area contributed by atoms with Crippen molar-refractivity contribution in [2.24, 2.45) is 10.4 Å². The highest BCUT2D eigenvalue weighted by molar-refractivity contribution is 5.79. The van der Waals surface area contributed by atoms with Gasteiger partial charge in [-0.2, -0.15) is 0 Å². The van der Waals surface area contributed by atoms with E-state index in [1.165, 1.54) is 5.06 Å². The number of rotatable bonds is 0. The molecule has 0 saturated carbocycles. The first-order valence-corrected chi connectivity index (χ1v) is 7.63. The van der Waals surface area contributed by atoms with Crippen LogP contribution in [-0.4, -0.2) is 22.1 Å². The monoisotopic (exact) mass is 298 g/mol.